The first-order valence-corrected chi connectivity index (χ1v) is 6.08. The predicted octanol–water partition coefficient (Wildman–Crippen LogP) is 3.17. The number of halogens is 1. The molecule has 1 aromatic rings. The van der Waals surface area contributed by atoms with Crippen LogP contribution in [-0.2, 0) is 0 Å². The van der Waals surface area contributed by atoms with Gasteiger partial charge in [0.15, 0.2) is 0 Å². The number of nitrogens with zero attached hydrogens (tertiary/aromatic N) is 4. The van der Waals surface area contributed by atoms with Gasteiger partial charge in [-0.2, -0.15) is 4.98 Å². The van der Waals surface area contributed by atoms with Gasteiger partial charge in [0, 0.05) is 25.4 Å². The molecule has 1 heterocycles. The molecule has 4 nitrogen and oxygen atoms in total. The van der Waals surface area contributed by atoms with Gasteiger partial charge < -0.3 is 4.90 Å². The molecule has 0 N–H and O–H groups in total. The largest absolute Gasteiger partial charge is 0.369 e. The van der Waals surface area contributed by atoms with E-state index in [1.807, 2.05) is 25.9 Å². The molecule has 1 aromatic heterocycles. The van der Waals surface area contributed by atoms with Gasteiger partial charge in [-0.15, -0.1) is 0 Å². The van der Waals surface area contributed by atoms with Crippen molar-refractivity contribution in [2.75, 3.05) is 14.1 Å². The standard InChI is InChI=1S/C12H19ClN4/c1-6-8(2)10-9(3)15-12(16-11(10)13)14-7-17(4)5/h7-8H,6H2,1-5H3. The molecule has 0 spiro atoms. The maximum absolute atomic E-state index is 6.19. The molecule has 0 aliphatic rings. The van der Waals surface area contributed by atoms with Crippen LogP contribution in [0.25, 0.3) is 0 Å². The molecule has 94 valence electrons. The molecule has 0 saturated heterocycles. The summed E-state index contributed by atoms with van der Waals surface area (Å²) in [6, 6.07) is 0. The Labute approximate surface area is 108 Å². The molecule has 5 heteroatoms. The first-order valence-electron chi connectivity index (χ1n) is 5.70. The number of rotatable bonds is 4. The van der Waals surface area contributed by atoms with Crippen molar-refractivity contribution in [1.29, 1.82) is 0 Å². The molecular weight excluding hydrogens is 236 g/mol. The Kier molecular flexibility index (Phi) is 4.87. The maximum Gasteiger partial charge on any atom is 0.252 e. The summed E-state index contributed by atoms with van der Waals surface area (Å²) in [6.07, 6.45) is 2.68. The van der Waals surface area contributed by atoms with E-state index in [1.165, 1.54) is 0 Å². The highest BCUT2D eigenvalue weighted by Crippen LogP contribution is 2.28. The fourth-order valence-corrected chi connectivity index (χ4v) is 1.92. The van der Waals surface area contributed by atoms with Gasteiger partial charge in [0.1, 0.15) is 5.15 Å². The Morgan fingerprint density at radius 1 is 1.41 bits per heavy atom. The molecule has 1 rings (SSSR count). The van der Waals surface area contributed by atoms with E-state index in [4.69, 9.17) is 11.6 Å². The van der Waals surface area contributed by atoms with Crippen LogP contribution in [-0.4, -0.2) is 35.3 Å². The second-order valence-corrected chi connectivity index (χ2v) is 4.69. The van der Waals surface area contributed by atoms with Crippen LogP contribution in [0.3, 0.4) is 0 Å². The quantitative estimate of drug-likeness (QED) is 0.471. The van der Waals surface area contributed by atoms with Crippen molar-refractivity contribution in [1.82, 2.24) is 14.9 Å². The minimum absolute atomic E-state index is 0.370. The summed E-state index contributed by atoms with van der Waals surface area (Å²) in [5.74, 6) is 0.780. The van der Waals surface area contributed by atoms with Gasteiger partial charge in [0.2, 0.25) is 0 Å². The number of aryl methyl sites for hydroxylation is 1. The summed E-state index contributed by atoms with van der Waals surface area (Å²) >= 11 is 6.19. The molecule has 0 amide bonds. The van der Waals surface area contributed by atoms with Crippen molar-refractivity contribution >= 4 is 23.9 Å². The minimum atomic E-state index is 0.370. The Balaban J connectivity index is 3.09. The van der Waals surface area contributed by atoms with E-state index in [2.05, 4.69) is 28.8 Å². The lowest BCUT2D eigenvalue weighted by atomic mass is 9.99. The van der Waals surface area contributed by atoms with E-state index in [-0.39, 0.29) is 0 Å². The minimum Gasteiger partial charge on any atom is -0.369 e. The fourth-order valence-electron chi connectivity index (χ4n) is 1.52. The van der Waals surface area contributed by atoms with Gasteiger partial charge in [0.25, 0.3) is 5.95 Å². The second kappa shape index (κ2) is 5.96. The topological polar surface area (TPSA) is 41.4 Å². The van der Waals surface area contributed by atoms with Crippen molar-refractivity contribution in [3.8, 4) is 0 Å². The first-order chi connectivity index (χ1) is 7.95. The van der Waals surface area contributed by atoms with E-state index in [0.29, 0.717) is 17.0 Å². The molecule has 0 aliphatic heterocycles. The van der Waals surface area contributed by atoms with Crippen LogP contribution in [0, 0.1) is 6.92 Å². The molecule has 0 fully saturated rings. The second-order valence-electron chi connectivity index (χ2n) is 4.33. The van der Waals surface area contributed by atoms with Crippen molar-refractivity contribution in [3.05, 3.63) is 16.4 Å². The zero-order chi connectivity index (χ0) is 13.0. The Morgan fingerprint density at radius 3 is 2.53 bits per heavy atom. The summed E-state index contributed by atoms with van der Waals surface area (Å²) in [4.78, 5) is 14.5. The molecule has 1 atom stereocenters. The molecule has 1 unspecified atom stereocenters. The van der Waals surface area contributed by atoms with Gasteiger partial charge in [-0.25, -0.2) is 9.98 Å². The van der Waals surface area contributed by atoms with Gasteiger partial charge in [-0.1, -0.05) is 25.4 Å². The van der Waals surface area contributed by atoms with E-state index < -0.39 is 0 Å². The molecule has 0 aromatic carbocycles. The smallest absolute Gasteiger partial charge is 0.252 e. The average Bonchev–Trinajstić information content (AvgIpc) is 2.25. The van der Waals surface area contributed by atoms with Crippen LogP contribution >= 0.6 is 11.6 Å². The van der Waals surface area contributed by atoms with Crippen LogP contribution in [0.5, 0.6) is 0 Å². The monoisotopic (exact) mass is 254 g/mol. The molecule has 0 radical (unpaired) electrons. The first kappa shape index (κ1) is 13.9. The number of aromatic nitrogens is 2. The fraction of sp³-hybridized carbons (Fsp3) is 0.583. The summed E-state index contributed by atoms with van der Waals surface area (Å²) in [7, 11) is 3.79. The molecular formula is C12H19ClN4. The molecule has 17 heavy (non-hydrogen) atoms. The lowest BCUT2D eigenvalue weighted by Gasteiger charge is -2.13. The maximum atomic E-state index is 6.19. The summed E-state index contributed by atoms with van der Waals surface area (Å²) in [5.41, 5.74) is 1.93. The van der Waals surface area contributed by atoms with Crippen molar-refractivity contribution in [2.24, 2.45) is 4.99 Å². The van der Waals surface area contributed by atoms with Crippen molar-refractivity contribution in [2.45, 2.75) is 33.1 Å². The lowest BCUT2D eigenvalue weighted by Crippen LogP contribution is -2.08. The number of aliphatic imine (C=N–C) groups is 1. The van der Waals surface area contributed by atoms with Crippen LogP contribution < -0.4 is 0 Å². The third kappa shape index (κ3) is 3.66. The van der Waals surface area contributed by atoms with Gasteiger partial charge in [-0.05, 0) is 19.3 Å². The third-order valence-corrected chi connectivity index (χ3v) is 2.88. The molecule has 0 saturated carbocycles. The van der Waals surface area contributed by atoms with Crippen LogP contribution in [0.1, 0.15) is 37.4 Å². The molecule has 0 bridgehead atoms. The van der Waals surface area contributed by atoms with Crippen molar-refractivity contribution in [3.63, 3.8) is 0 Å². The summed E-state index contributed by atoms with van der Waals surface area (Å²) in [5, 5.41) is 0.512. The zero-order valence-electron chi connectivity index (χ0n) is 11.0. The van der Waals surface area contributed by atoms with E-state index in [1.54, 1.807) is 6.34 Å². The Hall–Kier alpha value is -1.16. The van der Waals surface area contributed by atoms with Gasteiger partial charge in [-0.3, -0.25) is 0 Å². The van der Waals surface area contributed by atoms with E-state index in [0.717, 1.165) is 17.7 Å². The normalized spacial score (nSPS) is 13.1. The Morgan fingerprint density at radius 2 is 2.06 bits per heavy atom. The Bertz CT molecular complexity index is 392. The molecule has 0 aliphatic carbocycles. The SMILES string of the molecule is CCC(C)c1c(C)nc(N=CN(C)C)nc1Cl. The lowest BCUT2D eigenvalue weighted by molar-refractivity contribution is 0.642. The van der Waals surface area contributed by atoms with Crippen LogP contribution in [0.4, 0.5) is 5.95 Å². The highest BCUT2D eigenvalue weighted by molar-refractivity contribution is 6.30. The third-order valence-electron chi connectivity index (χ3n) is 2.59. The number of hydrogen-bond acceptors (Lipinski definition) is 3. The summed E-state index contributed by atoms with van der Waals surface area (Å²) < 4.78 is 0. The predicted molar refractivity (Wildman–Crippen MR) is 72.3 cm³/mol. The summed E-state index contributed by atoms with van der Waals surface area (Å²) in [6.45, 7) is 6.20. The van der Waals surface area contributed by atoms with Crippen molar-refractivity contribution < 1.29 is 0 Å². The van der Waals surface area contributed by atoms with Gasteiger partial charge >= 0.3 is 0 Å². The van der Waals surface area contributed by atoms with Crippen LogP contribution in [0.15, 0.2) is 4.99 Å². The highest BCUT2D eigenvalue weighted by atomic mass is 35.5. The highest BCUT2D eigenvalue weighted by Gasteiger charge is 2.14. The van der Waals surface area contributed by atoms with E-state index in [9.17, 15) is 0 Å². The van der Waals surface area contributed by atoms with Crippen LogP contribution in [0.2, 0.25) is 5.15 Å². The number of hydrogen-bond donors (Lipinski definition) is 0. The van der Waals surface area contributed by atoms with E-state index >= 15 is 0 Å². The van der Waals surface area contributed by atoms with Gasteiger partial charge in [0.05, 0.1) is 6.34 Å². The zero-order valence-corrected chi connectivity index (χ0v) is 11.8. The average molecular weight is 255 g/mol.